The third-order valence-electron chi connectivity index (χ3n) is 3.11. The van der Waals surface area contributed by atoms with Gasteiger partial charge >= 0.3 is 6.55 Å². The highest BCUT2D eigenvalue weighted by molar-refractivity contribution is 5.61. The van der Waals surface area contributed by atoms with E-state index >= 15 is 0 Å². The molecule has 0 spiro atoms. The predicted molar refractivity (Wildman–Crippen MR) is 77.5 cm³/mol. The van der Waals surface area contributed by atoms with Gasteiger partial charge in [0, 0.05) is 24.0 Å². The Morgan fingerprint density at radius 1 is 1.05 bits per heavy atom. The molecule has 0 aliphatic rings. The summed E-state index contributed by atoms with van der Waals surface area (Å²) in [5, 5.41) is 3.62. The lowest BCUT2D eigenvalue weighted by Crippen LogP contribution is -1.97. The number of pyridine rings is 1. The van der Waals surface area contributed by atoms with Gasteiger partial charge in [0.15, 0.2) is 0 Å². The Morgan fingerprint density at radius 2 is 1.86 bits per heavy atom. The van der Waals surface area contributed by atoms with E-state index in [0.717, 1.165) is 11.1 Å². The first-order valence-corrected chi connectivity index (χ1v) is 6.68. The highest BCUT2D eigenvalue weighted by Gasteiger charge is 2.08. The zero-order chi connectivity index (χ0) is 15.4. The Morgan fingerprint density at radius 3 is 2.50 bits per heavy atom. The van der Waals surface area contributed by atoms with Crippen molar-refractivity contribution in [2.24, 2.45) is 0 Å². The third kappa shape index (κ3) is 3.28. The predicted octanol–water partition coefficient (Wildman–Crippen LogP) is 3.92. The molecule has 4 nitrogen and oxygen atoms in total. The SMILES string of the molecule is FC(F)n1cc(-c2ccc(COc3ccccn3)cc2)cn1. The molecule has 0 saturated heterocycles. The highest BCUT2D eigenvalue weighted by Crippen LogP contribution is 2.21. The summed E-state index contributed by atoms with van der Waals surface area (Å²) < 4.78 is 31.2. The number of rotatable bonds is 5. The highest BCUT2D eigenvalue weighted by atomic mass is 19.3. The molecule has 2 heterocycles. The van der Waals surface area contributed by atoms with Crippen LogP contribution in [0, 0.1) is 0 Å². The van der Waals surface area contributed by atoms with Gasteiger partial charge in [0.1, 0.15) is 6.61 Å². The second-order valence-corrected chi connectivity index (χ2v) is 4.64. The van der Waals surface area contributed by atoms with Crippen LogP contribution in [-0.4, -0.2) is 14.8 Å². The molecule has 0 bridgehead atoms. The van der Waals surface area contributed by atoms with E-state index in [-0.39, 0.29) is 0 Å². The topological polar surface area (TPSA) is 39.9 Å². The lowest BCUT2D eigenvalue weighted by molar-refractivity contribution is 0.0566. The smallest absolute Gasteiger partial charge is 0.333 e. The van der Waals surface area contributed by atoms with Crippen molar-refractivity contribution in [3.8, 4) is 17.0 Å². The molecule has 1 aromatic carbocycles. The summed E-state index contributed by atoms with van der Waals surface area (Å²) in [7, 11) is 0. The first-order chi connectivity index (χ1) is 10.7. The van der Waals surface area contributed by atoms with Crippen LogP contribution in [0.3, 0.4) is 0 Å². The largest absolute Gasteiger partial charge is 0.473 e. The Kier molecular flexibility index (Phi) is 4.09. The van der Waals surface area contributed by atoms with E-state index < -0.39 is 6.55 Å². The van der Waals surface area contributed by atoms with Crippen molar-refractivity contribution in [1.82, 2.24) is 14.8 Å². The third-order valence-corrected chi connectivity index (χ3v) is 3.11. The summed E-state index contributed by atoms with van der Waals surface area (Å²) in [5.41, 5.74) is 2.45. The average molecular weight is 301 g/mol. The molecular formula is C16H13F2N3O. The van der Waals surface area contributed by atoms with Crippen molar-refractivity contribution in [2.75, 3.05) is 0 Å². The number of halogens is 2. The maximum atomic E-state index is 12.5. The van der Waals surface area contributed by atoms with Crippen LogP contribution < -0.4 is 4.74 Å². The minimum Gasteiger partial charge on any atom is -0.473 e. The van der Waals surface area contributed by atoms with E-state index in [4.69, 9.17) is 4.74 Å². The van der Waals surface area contributed by atoms with Crippen LogP contribution in [-0.2, 0) is 6.61 Å². The number of ether oxygens (including phenoxy) is 1. The molecule has 112 valence electrons. The number of benzene rings is 1. The monoisotopic (exact) mass is 301 g/mol. The van der Waals surface area contributed by atoms with Gasteiger partial charge in [-0.05, 0) is 17.2 Å². The molecule has 0 amide bonds. The minimum atomic E-state index is -2.63. The van der Waals surface area contributed by atoms with Crippen LogP contribution in [0.4, 0.5) is 8.78 Å². The summed E-state index contributed by atoms with van der Waals surface area (Å²) in [6, 6.07) is 12.9. The summed E-state index contributed by atoms with van der Waals surface area (Å²) in [5.74, 6) is 0.560. The van der Waals surface area contributed by atoms with Gasteiger partial charge in [0.2, 0.25) is 5.88 Å². The van der Waals surface area contributed by atoms with Crippen molar-refractivity contribution >= 4 is 0 Å². The molecule has 0 unspecified atom stereocenters. The molecule has 3 aromatic rings. The number of hydrogen-bond donors (Lipinski definition) is 0. The molecule has 0 atom stereocenters. The Balaban J connectivity index is 1.67. The molecule has 2 aromatic heterocycles. The van der Waals surface area contributed by atoms with Crippen molar-refractivity contribution in [2.45, 2.75) is 13.2 Å². The first kappa shape index (κ1) is 14.2. The zero-order valence-corrected chi connectivity index (χ0v) is 11.6. The Labute approximate surface area is 126 Å². The maximum absolute atomic E-state index is 12.5. The van der Waals surface area contributed by atoms with Crippen LogP contribution in [0.15, 0.2) is 61.1 Å². The summed E-state index contributed by atoms with van der Waals surface area (Å²) in [6.07, 6.45) is 4.41. The minimum absolute atomic E-state index is 0.396. The molecule has 6 heteroatoms. The molecular weight excluding hydrogens is 288 g/mol. The van der Waals surface area contributed by atoms with Gasteiger partial charge in [-0.3, -0.25) is 0 Å². The fourth-order valence-electron chi connectivity index (χ4n) is 1.98. The van der Waals surface area contributed by atoms with E-state index in [1.165, 1.54) is 12.4 Å². The molecule has 0 N–H and O–H groups in total. The maximum Gasteiger partial charge on any atom is 0.333 e. The van der Waals surface area contributed by atoms with Crippen molar-refractivity contribution in [1.29, 1.82) is 0 Å². The van der Waals surface area contributed by atoms with Gasteiger partial charge < -0.3 is 4.74 Å². The van der Waals surface area contributed by atoms with Crippen LogP contribution in [0.5, 0.6) is 5.88 Å². The average Bonchev–Trinajstić information content (AvgIpc) is 3.05. The Hall–Kier alpha value is -2.76. The van der Waals surface area contributed by atoms with Gasteiger partial charge in [-0.15, -0.1) is 0 Å². The van der Waals surface area contributed by atoms with E-state index in [1.54, 1.807) is 12.3 Å². The lowest BCUT2D eigenvalue weighted by atomic mass is 10.1. The van der Waals surface area contributed by atoms with Crippen LogP contribution >= 0.6 is 0 Å². The fourth-order valence-corrected chi connectivity index (χ4v) is 1.98. The van der Waals surface area contributed by atoms with Gasteiger partial charge in [-0.1, -0.05) is 30.3 Å². The van der Waals surface area contributed by atoms with Crippen molar-refractivity contribution in [3.63, 3.8) is 0 Å². The van der Waals surface area contributed by atoms with Gasteiger partial charge in [-0.2, -0.15) is 13.9 Å². The second kappa shape index (κ2) is 6.34. The molecule has 0 radical (unpaired) electrons. The van der Waals surface area contributed by atoms with E-state index in [2.05, 4.69) is 10.1 Å². The second-order valence-electron chi connectivity index (χ2n) is 4.64. The summed E-state index contributed by atoms with van der Waals surface area (Å²) in [4.78, 5) is 4.07. The van der Waals surface area contributed by atoms with Gasteiger partial charge in [-0.25, -0.2) is 9.67 Å². The number of alkyl halides is 2. The summed E-state index contributed by atoms with van der Waals surface area (Å²) >= 11 is 0. The van der Waals surface area contributed by atoms with E-state index in [1.807, 2.05) is 36.4 Å². The number of aromatic nitrogens is 3. The van der Waals surface area contributed by atoms with Crippen LogP contribution in [0.1, 0.15) is 12.1 Å². The van der Waals surface area contributed by atoms with Gasteiger partial charge in [0.25, 0.3) is 0 Å². The fraction of sp³-hybridized carbons (Fsp3) is 0.125. The van der Waals surface area contributed by atoms with Crippen LogP contribution in [0.2, 0.25) is 0 Å². The number of nitrogens with zero attached hydrogens (tertiary/aromatic N) is 3. The Bertz CT molecular complexity index is 727. The quantitative estimate of drug-likeness (QED) is 0.717. The van der Waals surface area contributed by atoms with E-state index in [9.17, 15) is 8.78 Å². The van der Waals surface area contributed by atoms with E-state index in [0.29, 0.717) is 22.7 Å². The van der Waals surface area contributed by atoms with Crippen molar-refractivity contribution in [3.05, 3.63) is 66.6 Å². The molecule has 3 rings (SSSR count). The first-order valence-electron chi connectivity index (χ1n) is 6.68. The molecule has 0 aliphatic heterocycles. The number of hydrogen-bond acceptors (Lipinski definition) is 3. The molecule has 22 heavy (non-hydrogen) atoms. The van der Waals surface area contributed by atoms with Crippen LogP contribution in [0.25, 0.3) is 11.1 Å². The standard InChI is InChI=1S/C16H13F2N3O/c17-16(18)21-10-14(9-20-21)13-6-4-12(5-7-13)11-22-15-3-1-2-8-19-15/h1-10,16H,11H2. The molecule has 0 fully saturated rings. The normalized spacial score (nSPS) is 10.9. The lowest BCUT2D eigenvalue weighted by Gasteiger charge is -2.05. The molecule has 0 aliphatic carbocycles. The summed E-state index contributed by atoms with van der Waals surface area (Å²) in [6.45, 7) is -2.23. The van der Waals surface area contributed by atoms with Gasteiger partial charge in [0.05, 0.1) is 6.20 Å². The van der Waals surface area contributed by atoms with Crippen molar-refractivity contribution < 1.29 is 13.5 Å². The zero-order valence-electron chi connectivity index (χ0n) is 11.6. The molecule has 0 saturated carbocycles.